The predicted molar refractivity (Wildman–Crippen MR) is 82.3 cm³/mol. The van der Waals surface area contributed by atoms with Crippen molar-refractivity contribution < 1.29 is 0 Å². The molecule has 1 aromatic heterocycles. The summed E-state index contributed by atoms with van der Waals surface area (Å²) < 4.78 is 2.30. The third-order valence-electron chi connectivity index (χ3n) is 4.81. The van der Waals surface area contributed by atoms with E-state index >= 15 is 0 Å². The summed E-state index contributed by atoms with van der Waals surface area (Å²) in [5, 5.41) is 12.3. The molecule has 0 saturated carbocycles. The molecule has 0 saturated heterocycles. The zero-order valence-corrected chi connectivity index (χ0v) is 12.4. The fourth-order valence-electron chi connectivity index (χ4n) is 3.66. The average molecular weight is 282 g/mol. The van der Waals surface area contributed by atoms with Crippen LogP contribution in [0.4, 0.5) is 0 Å². The molecule has 1 atom stereocenters. The number of rotatable bonds is 4. The lowest BCUT2D eigenvalue weighted by Crippen LogP contribution is -2.36. The average Bonchev–Trinajstić information content (AvgIpc) is 3.12. The summed E-state index contributed by atoms with van der Waals surface area (Å²) in [5.74, 6) is 2.34. The van der Waals surface area contributed by atoms with Crippen molar-refractivity contribution in [2.24, 2.45) is 0 Å². The van der Waals surface area contributed by atoms with E-state index < -0.39 is 0 Å². The number of nitrogens with zero attached hydrogens (tertiary/aromatic N) is 3. The molecular weight excluding hydrogens is 260 g/mol. The molecule has 2 heterocycles. The summed E-state index contributed by atoms with van der Waals surface area (Å²) in [6, 6.07) is 9.46. The first-order chi connectivity index (χ1) is 10.4. The molecule has 4 heteroatoms. The Kier molecular flexibility index (Phi) is 3.47. The van der Waals surface area contributed by atoms with E-state index in [2.05, 4.69) is 44.3 Å². The van der Waals surface area contributed by atoms with Gasteiger partial charge in [0.1, 0.15) is 11.6 Å². The topological polar surface area (TPSA) is 42.7 Å². The van der Waals surface area contributed by atoms with E-state index in [9.17, 15) is 0 Å². The lowest BCUT2D eigenvalue weighted by molar-refractivity contribution is 0.457. The van der Waals surface area contributed by atoms with Crippen LogP contribution in [0.3, 0.4) is 0 Å². The summed E-state index contributed by atoms with van der Waals surface area (Å²) in [7, 11) is 0. The molecule has 1 aromatic carbocycles. The summed E-state index contributed by atoms with van der Waals surface area (Å²) >= 11 is 0. The summed E-state index contributed by atoms with van der Waals surface area (Å²) in [6.07, 6.45) is 6.92. The van der Waals surface area contributed by atoms with E-state index in [1.807, 2.05) is 0 Å². The van der Waals surface area contributed by atoms with Crippen LogP contribution >= 0.6 is 0 Å². The van der Waals surface area contributed by atoms with Gasteiger partial charge in [-0.3, -0.25) is 0 Å². The van der Waals surface area contributed by atoms with E-state index in [0.717, 1.165) is 38.2 Å². The van der Waals surface area contributed by atoms with Gasteiger partial charge in [-0.25, -0.2) is 0 Å². The second-order valence-corrected chi connectivity index (χ2v) is 6.20. The lowest BCUT2D eigenvalue weighted by Gasteiger charge is -2.25. The number of benzene rings is 1. The quantitative estimate of drug-likeness (QED) is 0.931. The van der Waals surface area contributed by atoms with Gasteiger partial charge in [0.05, 0.1) is 0 Å². The summed E-state index contributed by atoms with van der Waals surface area (Å²) in [4.78, 5) is 0. The second-order valence-electron chi connectivity index (χ2n) is 6.20. The van der Waals surface area contributed by atoms with Crippen LogP contribution in [-0.2, 0) is 32.2 Å². The van der Waals surface area contributed by atoms with Gasteiger partial charge in [0.2, 0.25) is 0 Å². The van der Waals surface area contributed by atoms with E-state index in [0.29, 0.717) is 6.04 Å². The number of fused-ring (bicyclic) bond motifs is 2. The Labute approximate surface area is 125 Å². The van der Waals surface area contributed by atoms with Crippen LogP contribution in [0.1, 0.15) is 35.6 Å². The third-order valence-corrected chi connectivity index (χ3v) is 4.81. The van der Waals surface area contributed by atoms with Crippen molar-refractivity contribution >= 4 is 0 Å². The van der Waals surface area contributed by atoms with Crippen molar-refractivity contribution in [1.29, 1.82) is 0 Å². The lowest BCUT2D eigenvalue weighted by atomic mass is 9.88. The SMILES string of the molecule is c1ccc2c(c1)CC[C@@H](NCCc1nnc3n1CCC3)C2. The van der Waals surface area contributed by atoms with Crippen LogP contribution in [0.15, 0.2) is 24.3 Å². The molecule has 2 aromatic rings. The zero-order valence-electron chi connectivity index (χ0n) is 12.4. The summed E-state index contributed by atoms with van der Waals surface area (Å²) in [6.45, 7) is 2.11. The van der Waals surface area contributed by atoms with Crippen LogP contribution in [0, 0.1) is 0 Å². The third kappa shape index (κ3) is 2.60. The molecule has 1 N–H and O–H groups in total. The van der Waals surface area contributed by atoms with Gasteiger partial charge in [0.25, 0.3) is 0 Å². The molecule has 1 aliphatic heterocycles. The van der Waals surface area contributed by atoms with Gasteiger partial charge in [-0.05, 0) is 36.8 Å². The minimum Gasteiger partial charge on any atom is -0.315 e. The normalized spacial score (nSPS) is 20.3. The zero-order chi connectivity index (χ0) is 14.1. The molecule has 0 radical (unpaired) electrons. The number of aromatic nitrogens is 3. The fourth-order valence-corrected chi connectivity index (χ4v) is 3.66. The van der Waals surface area contributed by atoms with Crippen molar-refractivity contribution in [1.82, 2.24) is 20.1 Å². The molecule has 0 unspecified atom stereocenters. The first-order valence-electron chi connectivity index (χ1n) is 8.11. The highest BCUT2D eigenvalue weighted by atomic mass is 15.3. The Morgan fingerprint density at radius 2 is 2.05 bits per heavy atom. The first-order valence-corrected chi connectivity index (χ1v) is 8.11. The standard InChI is InChI=1S/C17H22N4/c1-2-5-14-12-15(8-7-13(14)4-1)18-10-9-17-20-19-16-6-3-11-21(16)17/h1-2,4-5,15,18H,3,6-12H2/t15-/m1/s1. The molecule has 0 spiro atoms. The largest absolute Gasteiger partial charge is 0.315 e. The Balaban J connectivity index is 1.32. The number of nitrogens with one attached hydrogen (secondary N) is 1. The fraction of sp³-hybridized carbons (Fsp3) is 0.529. The molecule has 0 amide bonds. The highest BCUT2D eigenvalue weighted by Gasteiger charge is 2.19. The maximum Gasteiger partial charge on any atom is 0.134 e. The molecule has 4 nitrogen and oxygen atoms in total. The Morgan fingerprint density at radius 1 is 1.14 bits per heavy atom. The van der Waals surface area contributed by atoms with Crippen molar-refractivity contribution in [3.63, 3.8) is 0 Å². The van der Waals surface area contributed by atoms with Crippen molar-refractivity contribution in [2.75, 3.05) is 6.54 Å². The van der Waals surface area contributed by atoms with Gasteiger partial charge in [-0.2, -0.15) is 0 Å². The van der Waals surface area contributed by atoms with Gasteiger partial charge in [-0.1, -0.05) is 24.3 Å². The highest BCUT2D eigenvalue weighted by molar-refractivity contribution is 5.30. The van der Waals surface area contributed by atoms with E-state index in [-0.39, 0.29) is 0 Å². The van der Waals surface area contributed by atoms with Crippen molar-refractivity contribution in [3.05, 3.63) is 47.0 Å². The maximum absolute atomic E-state index is 4.33. The molecule has 21 heavy (non-hydrogen) atoms. The second kappa shape index (κ2) is 5.60. The Bertz CT molecular complexity index is 631. The molecule has 0 fully saturated rings. The molecule has 1 aliphatic carbocycles. The molecular formula is C17H22N4. The molecule has 2 aliphatic rings. The summed E-state index contributed by atoms with van der Waals surface area (Å²) in [5.41, 5.74) is 3.05. The van der Waals surface area contributed by atoms with Crippen molar-refractivity contribution in [3.8, 4) is 0 Å². The van der Waals surface area contributed by atoms with Crippen LogP contribution in [0.5, 0.6) is 0 Å². The van der Waals surface area contributed by atoms with E-state index in [1.54, 1.807) is 0 Å². The van der Waals surface area contributed by atoms with E-state index in [1.165, 1.54) is 36.2 Å². The van der Waals surface area contributed by atoms with Gasteiger partial charge >= 0.3 is 0 Å². The predicted octanol–water partition coefficient (Wildman–Crippen LogP) is 1.91. The monoisotopic (exact) mass is 282 g/mol. The minimum absolute atomic E-state index is 0.612. The van der Waals surface area contributed by atoms with Crippen LogP contribution in [0.2, 0.25) is 0 Å². The van der Waals surface area contributed by atoms with Gasteiger partial charge in [-0.15, -0.1) is 10.2 Å². The number of hydrogen-bond donors (Lipinski definition) is 1. The van der Waals surface area contributed by atoms with Crippen molar-refractivity contribution in [2.45, 2.75) is 51.1 Å². The van der Waals surface area contributed by atoms with Gasteiger partial charge < -0.3 is 9.88 Å². The maximum atomic E-state index is 4.33. The van der Waals surface area contributed by atoms with Crippen LogP contribution in [0.25, 0.3) is 0 Å². The highest BCUT2D eigenvalue weighted by Crippen LogP contribution is 2.21. The first kappa shape index (κ1) is 13.0. The van der Waals surface area contributed by atoms with E-state index in [4.69, 9.17) is 0 Å². The molecule has 4 rings (SSSR count). The van der Waals surface area contributed by atoms with Gasteiger partial charge in [0, 0.05) is 32.0 Å². The smallest absolute Gasteiger partial charge is 0.134 e. The van der Waals surface area contributed by atoms with Crippen LogP contribution in [-0.4, -0.2) is 27.4 Å². The van der Waals surface area contributed by atoms with Crippen LogP contribution < -0.4 is 5.32 Å². The molecule has 0 bridgehead atoms. The molecule has 110 valence electrons. The Hall–Kier alpha value is -1.68. The van der Waals surface area contributed by atoms with Gasteiger partial charge in [0.15, 0.2) is 0 Å². The Morgan fingerprint density at radius 3 is 3.00 bits per heavy atom. The number of hydrogen-bond acceptors (Lipinski definition) is 3. The minimum atomic E-state index is 0.612. The number of aryl methyl sites for hydroxylation is 2.